The average Bonchev–Trinajstić information content (AvgIpc) is 2.76. The fraction of sp³-hybridized carbons (Fsp3) is 0.500. The fourth-order valence-electron chi connectivity index (χ4n) is 4.52. The van der Waals surface area contributed by atoms with Crippen molar-refractivity contribution in [1.29, 1.82) is 0 Å². The van der Waals surface area contributed by atoms with E-state index in [4.69, 9.17) is 0 Å². The molecule has 2 aromatic rings. The SMILES string of the molecule is CCc1ccc([C@@H]([NH2+]CC(=O)NC2CC[NH+](Cc3ccccc3)CC2)C(C)C)cc1. The van der Waals surface area contributed by atoms with E-state index in [9.17, 15) is 4.79 Å². The van der Waals surface area contributed by atoms with Gasteiger partial charge in [0, 0.05) is 35.9 Å². The predicted molar refractivity (Wildman–Crippen MR) is 122 cm³/mol. The molecule has 1 amide bonds. The van der Waals surface area contributed by atoms with Gasteiger partial charge in [0.05, 0.1) is 13.1 Å². The summed E-state index contributed by atoms with van der Waals surface area (Å²) in [5.41, 5.74) is 4.07. The van der Waals surface area contributed by atoms with Crippen molar-refractivity contribution in [3.05, 3.63) is 71.3 Å². The number of nitrogens with one attached hydrogen (secondary N) is 2. The molecule has 1 aliphatic heterocycles. The van der Waals surface area contributed by atoms with Gasteiger partial charge in [0.2, 0.25) is 0 Å². The molecule has 0 spiro atoms. The molecule has 1 aliphatic rings. The van der Waals surface area contributed by atoms with Crippen molar-refractivity contribution in [2.24, 2.45) is 5.92 Å². The van der Waals surface area contributed by atoms with Crippen LogP contribution in [0.4, 0.5) is 0 Å². The van der Waals surface area contributed by atoms with Crippen LogP contribution in [0.5, 0.6) is 0 Å². The summed E-state index contributed by atoms with van der Waals surface area (Å²) in [7, 11) is 0. The van der Waals surface area contributed by atoms with Gasteiger partial charge in [-0.2, -0.15) is 0 Å². The van der Waals surface area contributed by atoms with Crippen molar-refractivity contribution in [2.45, 2.75) is 58.7 Å². The second kappa shape index (κ2) is 11.3. The van der Waals surface area contributed by atoms with Crippen LogP contribution in [0.15, 0.2) is 54.6 Å². The molecule has 4 nitrogen and oxygen atoms in total. The number of piperidine rings is 1. The van der Waals surface area contributed by atoms with Crippen LogP contribution >= 0.6 is 0 Å². The van der Waals surface area contributed by atoms with Gasteiger partial charge in [0.1, 0.15) is 12.6 Å². The zero-order valence-corrected chi connectivity index (χ0v) is 18.9. The van der Waals surface area contributed by atoms with Gasteiger partial charge >= 0.3 is 0 Å². The monoisotopic (exact) mass is 409 g/mol. The Labute approximate surface area is 182 Å². The Morgan fingerprint density at radius 1 is 1.03 bits per heavy atom. The van der Waals surface area contributed by atoms with E-state index in [0.717, 1.165) is 38.9 Å². The van der Waals surface area contributed by atoms with Crippen molar-refractivity contribution in [1.82, 2.24) is 5.32 Å². The Balaban J connectivity index is 1.42. The summed E-state index contributed by atoms with van der Waals surface area (Å²) in [6, 6.07) is 20.2. The summed E-state index contributed by atoms with van der Waals surface area (Å²) in [6.07, 6.45) is 3.20. The van der Waals surface area contributed by atoms with E-state index < -0.39 is 0 Å². The van der Waals surface area contributed by atoms with Gasteiger partial charge in [0.15, 0.2) is 6.54 Å². The molecule has 0 aliphatic carbocycles. The molecule has 30 heavy (non-hydrogen) atoms. The molecule has 0 saturated carbocycles. The third-order valence-electron chi connectivity index (χ3n) is 6.40. The number of carbonyl (C=O) groups is 1. The maximum Gasteiger partial charge on any atom is 0.275 e. The molecule has 162 valence electrons. The predicted octanol–water partition coefficient (Wildman–Crippen LogP) is 1.87. The minimum atomic E-state index is 0.169. The summed E-state index contributed by atoms with van der Waals surface area (Å²) in [6.45, 7) is 10.5. The second-order valence-corrected chi connectivity index (χ2v) is 9.06. The highest BCUT2D eigenvalue weighted by Gasteiger charge is 2.25. The van der Waals surface area contributed by atoms with E-state index in [1.54, 1.807) is 4.90 Å². The molecular formula is C26H39N3O+2. The van der Waals surface area contributed by atoms with Crippen molar-refractivity contribution >= 4 is 5.91 Å². The summed E-state index contributed by atoms with van der Waals surface area (Å²) >= 11 is 0. The van der Waals surface area contributed by atoms with Crippen LogP contribution in [0.2, 0.25) is 0 Å². The smallest absolute Gasteiger partial charge is 0.275 e. The van der Waals surface area contributed by atoms with Crippen LogP contribution in [0.1, 0.15) is 56.3 Å². The topological polar surface area (TPSA) is 50.1 Å². The normalized spacial score (nSPS) is 20.1. The van der Waals surface area contributed by atoms with E-state index in [1.807, 2.05) is 0 Å². The van der Waals surface area contributed by atoms with Gasteiger partial charge in [-0.05, 0) is 12.0 Å². The lowest BCUT2D eigenvalue weighted by Crippen LogP contribution is -3.12. The van der Waals surface area contributed by atoms with E-state index in [1.165, 1.54) is 16.7 Å². The highest BCUT2D eigenvalue weighted by Crippen LogP contribution is 2.18. The number of aryl methyl sites for hydroxylation is 1. The van der Waals surface area contributed by atoms with Gasteiger partial charge in [-0.15, -0.1) is 0 Å². The molecule has 1 heterocycles. The first kappa shape index (κ1) is 22.5. The molecule has 0 radical (unpaired) electrons. The number of quaternary nitrogens is 2. The minimum Gasteiger partial charge on any atom is -0.348 e. The molecule has 0 aromatic heterocycles. The lowest BCUT2D eigenvalue weighted by molar-refractivity contribution is -0.918. The number of likely N-dealkylation sites (tertiary alicyclic amines) is 1. The van der Waals surface area contributed by atoms with E-state index in [0.29, 0.717) is 24.5 Å². The highest BCUT2D eigenvalue weighted by molar-refractivity contribution is 5.77. The Kier molecular flexibility index (Phi) is 8.47. The molecule has 4 heteroatoms. The molecule has 2 aromatic carbocycles. The van der Waals surface area contributed by atoms with Gasteiger partial charge in [-0.25, -0.2) is 0 Å². The van der Waals surface area contributed by atoms with Crippen molar-refractivity contribution in [2.75, 3.05) is 19.6 Å². The Morgan fingerprint density at radius 2 is 1.70 bits per heavy atom. The van der Waals surface area contributed by atoms with Crippen molar-refractivity contribution in [3.8, 4) is 0 Å². The van der Waals surface area contributed by atoms with Crippen molar-refractivity contribution < 1.29 is 15.0 Å². The number of hydrogen-bond donors (Lipinski definition) is 3. The minimum absolute atomic E-state index is 0.169. The number of rotatable bonds is 9. The Hall–Kier alpha value is -2.17. The first-order valence-corrected chi connectivity index (χ1v) is 11.6. The number of nitrogens with two attached hydrogens (primary N) is 1. The van der Waals surface area contributed by atoms with Gasteiger partial charge in [-0.1, -0.05) is 75.4 Å². The summed E-state index contributed by atoms with van der Waals surface area (Å²) in [4.78, 5) is 14.2. The van der Waals surface area contributed by atoms with E-state index >= 15 is 0 Å². The average molecular weight is 410 g/mol. The van der Waals surface area contributed by atoms with E-state index in [-0.39, 0.29) is 5.91 Å². The van der Waals surface area contributed by atoms with Crippen LogP contribution in [-0.2, 0) is 17.8 Å². The molecule has 3 rings (SSSR count). The summed E-state index contributed by atoms with van der Waals surface area (Å²) in [5.74, 6) is 0.650. The molecule has 1 saturated heterocycles. The fourth-order valence-corrected chi connectivity index (χ4v) is 4.52. The van der Waals surface area contributed by atoms with Crippen LogP contribution in [0.25, 0.3) is 0 Å². The second-order valence-electron chi connectivity index (χ2n) is 9.06. The number of benzene rings is 2. The number of amides is 1. The summed E-state index contributed by atoms with van der Waals surface area (Å²) in [5, 5.41) is 5.49. The zero-order valence-electron chi connectivity index (χ0n) is 18.9. The third-order valence-corrected chi connectivity index (χ3v) is 6.40. The Morgan fingerprint density at radius 3 is 2.30 bits per heavy atom. The molecule has 0 unspecified atom stereocenters. The maximum absolute atomic E-state index is 12.6. The van der Waals surface area contributed by atoms with Gasteiger partial charge in [-0.3, -0.25) is 4.79 Å². The maximum atomic E-state index is 12.6. The Bertz CT molecular complexity index is 765. The van der Waals surface area contributed by atoms with Gasteiger partial charge < -0.3 is 15.5 Å². The highest BCUT2D eigenvalue weighted by atomic mass is 16.2. The summed E-state index contributed by atoms with van der Waals surface area (Å²) < 4.78 is 0. The first-order chi connectivity index (χ1) is 14.5. The molecular weight excluding hydrogens is 370 g/mol. The number of carbonyl (C=O) groups excluding carboxylic acids is 1. The lowest BCUT2D eigenvalue weighted by Gasteiger charge is -2.30. The quantitative estimate of drug-likeness (QED) is 0.582. The first-order valence-electron chi connectivity index (χ1n) is 11.6. The molecule has 4 N–H and O–H groups in total. The largest absolute Gasteiger partial charge is 0.348 e. The molecule has 0 bridgehead atoms. The molecule has 1 fully saturated rings. The number of hydrogen-bond acceptors (Lipinski definition) is 1. The lowest BCUT2D eigenvalue weighted by atomic mass is 9.95. The zero-order chi connectivity index (χ0) is 21.3. The van der Waals surface area contributed by atoms with Crippen LogP contribution in [0, 0.1) is 5.92 Å². The van der Waals surface area contributed by atoms with Crippen molar-refractivity contribution in [3.63, 3.8) is 0 Å². The van der Waals surface area contributed by atoms with Gasteiger partial charge in [0.25, 0.3) is 5.91 Å². The van der Waals surface area contributed by atoms with Crippen LogP contribution in [0.3, 0.4) is 0 Å². The molecule has 1 atom stereocenters. The van der Waals surface area contributed by atoms with Crippen LogP contribution < -0.4 is 15.5 Å². The standard InChI is InChI=1S/C26H37N3O/c1-4-21-10-12-23(13-11-21)26(20(2)3)27-18-25(30)28-24-14-16-29(17-15-24)19-22-8-6-5-7-9-22/h5-13,20,24,26-27H,4,14-19H2,1-3H3,(H,28,30)/p+2/t26-/m0/s1. The van der Waals surface area contributed by atoms with Crippen LogP contribution in [-0.4, -0.2) is 31.6 Å². The van der Waals surface area contributed by atoms with E-state index in [2.05, 4.69) is 86.0 Å². The third kappa shape index (κ3) is 6.68.